The molecule has 0 spiro atoms. The second kappa shape index (κ2) is 6.17. The number of thiophene rings is 1. The van der Waals surface area contributed by atoms with E-state index in [0.29, 0.717) is 6.54 Å². The summed E-state index contributed by atoms with van der Waals surface area (Å²) in [6.07, 6.45) is 0. The van der Waals surface area contributed by atoms with E-state index in [0.717, 1.165) is 6.54 Å². The van der Waals surface area contributed by atoms with Crippen LogP contribution in [0.4, 0.5) is 0 Å². The van der Waals surface area contributed by atoms with Crippen molar-refractivity contribution in [3.8, 4) is 0 Å². The van der Waals surface area contributed by atoms with Crippen LogP contribution in [0.3, 0.4) is 0 Å². The van der Waals surface area contributed by atoms with Gasteiger partial charge in [0.1, 0.15) is 0 Å². The molecule has 1 heterocycles. The molecule has 0 aliphatic heterocycles. The molecule has 1 rings (SSSR count). The standard InChI is InChI=1S/C13H22N2OS/c1-10(2)15-12(16)8-14-9-13(3,4)11-6-5-7-17-11/h5-7,10,14H,8-9H2,1-4H3,(H,15,16). The van der Waals surface area contributed by atoms with Gasteiger partial charge in [-0.2, -0.15) is 0 Å². The molecule has 0 aromatic carbocycles. The Hall–Kier alpha value is -0.870. The molecule has 17 heavy (non-hydrogen) atoms. The summed E-state index contributed by atoms with van der Waals surface area (Å²) in [7, 11) is 0. The molecule has 4 heteroatoms. The molecule has 96 valence electrons. The van der Waals surface area contributed by atoms with Gasteiger partial charge in [-0.3, -0.25) is 4.79 Å². The van der Waals surface area contributed by atoms with Gasteiger partial charge in [-0.15, -0.1) is 11.3 Å². The van der Waals surface area contributed by atoms with Crippen LogP contribution < -0.4 is 10.6 Å². The van der Waals surface area contributed by atoms with E-state index in [1.54, 1.807) is 11.3 Å². The molecule has 3 nitrogen and oxygen atoms in total. The van der Waals surface area contributed by atoms with Gasteiger partial charge in [0.05, 0.1) is 6.54 Å². The topological polar surface area (TPSA) is 41.1 Å². The Kier molecular flexibility index (Phi) is 5.15. The molecule has 0 saturated heterocycles. The quantitative estimate of drug-likeness (QED) is 0.816. The van der Waals surface area contributed by atoms with E-state index in [-0.39, 0.29) is 17.4 Å². The highest BCUT2D eigenvalue weighted by Gasteiger charge is 2.21. The molecule has 0 saturated carbocycles. The lowest BCUT2D eigenvalue weighted by Crippen LogP contribution is -2.41. The van der Waals surface area contributed by atoms with E-state index in [9.17, 15) is 4.79 Å². The summed E-state index contributed by atoms with van der Waals surface area (Å²) in [6.45, 7) is 9.49. The first-order valence-electron chi connectivity index (χ1n) is 5.96. The van der Waals surface area contributed by atoms with Crippen LogP contribution in [0.25, 0.3) is 0 Å². The molecule has 0 fully saturated rings. The van der Waals surface area contributed by atoms with Gasteiger partial charge >= 0.3 is 0 Å². The average Bonchev–Trinajstić information content (AvgIpc) is 2.68. The third kappa shape index (κ3) is 4.88. The lowest BCUT2D eigenvalue weighted by molar-refractivity contribution is -0.120. The lowest BCUT2D eigenvalue weighted by Gasteiger charge is -2.23. The van der Waals surface area contributed by atoms with E-state index in [2.05, 4.69) is 42.0 Å². The summed E-state index contributed by atoms with van der Waals surface area (Å²) in [4.78, 5) is 12.8. The third-order valence-corrected chi connectivity index (χ3v) is 3.73. The Morgan fingerprint density at radius 1 is 1.47 bits per heavy atom. The highest BCUT2D eigenvalue weighted by molar-refractivity contribution is 7.10. The van der Waals surface area contributed by atoms with Crippen molar-refractivity contribution < 1.29 is 4.79 Å². The van der Waals surface area contributed by atoms with Crippen LogP contribution in [0.15, 0.2) is 17.5 Å². The van der Waals surface area contributed by atoms with Crippen LogP contribution in [0.2, 0.25) is 0 Å². The van der Waals surface area contributed by atoms with E-state index in [1.165, 1.54) is 4.88 Å². The van der Waals surface area contributed by atoms with Crippen molar-refractivity contribution >= 4 is 17.2 Å². The van der Waals surface area contributed by atoms with Crippen LogP contribution in [0, 0.1) is 0 Å². The molecular formula is C13H22N2OS. The Labute approximate surface area is 108 Å². The van der Waals surface area contributed by atoms with Crippen LogP contribution in [-0.4, -0.2) is 25.0 Å². The first-order valence-corrected chi connectivity index (χ1v) is 6.84. The lowest BCUT2D eigenvalue weighted by atomic mass is 9.91. The molecule has 0 bridgehead atoms. The third-order valence-electron chi connectivity index (χ3n) is 2.49. The highest BCUT2D eigenvalue weighted by Crippen LogP contribution is 2.26. The summed E-state index contributed by atoms with van der Waals surface area (Å²) >= 11 is 1.76. The smallest absolute Gasteiger partial charge is 0.234 e. The Bertz CT molecular complexity index is 344. The number of amides is 1. The molecule has 0 aliphatic rings. The van der Waals surface area contributed by atoms with Crippen molar-refractivity contribution in [2.75, 3.05) is 13.1 Å². The van der Waals surface area contributed by atoms with E-state index < -0.39 is 0 Å². The summed E-state index contributed by atoms with van der Waals surface area (Å²) in [5.74, 6) is 0.0574. The molecular weight excluding hydrogens is 232 g/mol. The first-order chi connectivity index (χ1) is 7.92. The fourth-order valence-corrected chi connectivity index (χ4v) is 2.46. The van der Waals surface area contributed by atoms with Crippen LogP contribution in [-0.2, 0) is 10.2 Å². The Morgan fingerprint density at radius 3 is 2.71 bits per heavy atom. The second-order valence-electron chi connectivity index (χ2n) is 5.19. The van der Waals surface area contributed by atoms with Crippen molar-refractivity contribution in [2.24, 2.45) is 0 Å². The minimum absolute atomic E-state index is 0.0574. The zero-order valence-corrected chi connectivity index (χ0v) is 11.9. The molecule has 1 amide bonds. The monoisotopic (exact) mass is 254 g/mol. The summed E-state index contributed by atoms with van der Waals surface area (Å²) in [6, 6.07) is 4.41. The van der Waals surface area contributed by atoms with Crippen molar-refractivity contribution in [1.82, 2.24) is 10.6 Å². The minimum Gasteiger partial charge on any atom is -0.353 e. The maximum absolute atomic E-state index is 11.5. The fraction of sp³-hybridized carbons (Fsp3) is 0.615. The average molecular weight is 254 g/mol. The number of nitrogens with one attached hydrogen (secondary N) is 2. The van der Waals surface area contributed by atoms with Crippen molar-refractivity contribution in [1.29, 1.82) is 0 Å². The Balaban J connectivity index is 2.33. The summed E-state index contributed by atoms with van der Waals surface area (Å²) in [5, 5.41) is 8.16. The number of hydrogen-bond donors (Lipinski definition) is 2. The number of carbonyl (C=O) groups excluding carboxylic acids is 1. The van der Waals surface area contributed by atoms with Crippen molar-refractivity contribution in [3.63, 3.8) is 0 Å². The molecule has 0 aliphatic carbocycles. The van der Waals surface area contributed by atoms with Crippen molar-refractivity contribution in [3.05, 3.63) is 22.4 Å². The summed E-state index contributed by atoms with van der Waals surface area (Å²) in [5.41, 5.74) is 0.0757. The molecule has 1 aromatic heterocycles. The van der Waals surface area contributed by atoms with Crippen LogP contribution in [0.5, 0.6) is 0 Å². The van der Waals surface area contributed by atoms with E-state index >= 15 is 0 Å². The van der Waals surface area contributed by atoms with Gasteiger partial charge in [0.25, 0.3) is 0 Å². The molecule has 1 aromatic rings. The number of rotatable bonds is 6. The van der Waals surface area contributed by atoms with Gasteiger partial charge in [-0.05, 0) is 25.3 Å². The van der Waals surface area contributed by atoms with Gasteiger partial charge in [0, 0.05) is 22.9 Å². The van der Waals surface area contributed by atoms with Gasteiger partial charge in [0.2, 0.25) is 5.91 Å². The van der Waals surface area contributed by atoms with Crippen LogP contribution >= 0.6 is 11.3 Å². The molecule has 0 atom stereocenters. The fourth-order valence-electron chi connectivity index (χ4n) is 1.61. The van der Waals surface area contributed by atoms with Crippen LogP contribution in [0.1, 0.15) is 32.6 Å². The minimum atomic E-state index is 0.0574. The van der Waals surface area contributed by atoms with Gasteiger partial charge in [0.15, 0.2) is 0 Å². The van der Waals surface area contributed by atoms with Crippen molar-refractivity contribution in [2.45, 2.75) is 39.2 Å². The summed E-state index contributed by atoms with van der Waals surface area (Å²) < 4.78 is 0. The second-order valence-corrected chi connectivity index (χ2v) is 6.13. The number of carbonyl (C=O) groups is 1. The SMILES string of the molecule is CC(C)NC(=O)CNCC(C)(C)c1cccs1. The predicted molar refractivity (Wildman–Crippen MR) is 73.5 cm³/mol. The molecule has 2 N–H and O–H groups in total. The maximum atomic E-state index is 11.5. The molecule has 0 radical (unpaired) electrons. The van der Waals surface area contributed by atoms with E-state index in [4.69, 9.17) is 0 Å². The normalized spacial score (nSPS) is 11.8. The number of hydrogen-bond acceptors (Lipinski definition) is 3. The highest BCUT2D eigenvalue weighted by atomic mass is 32.1. The largest absolute Gasteiger partial charge is 0.353 e. The van der Waals surface area contributed by atoms with Gasteiger partial charge in [-0.1, -0.05) is 19.9 Å². The zero-order valence-electron chi connectivity index (χ0n) is 11.0. The predicted octanol–water partition coefficient (Wildman–Crippen LogP) is 2.14. The Morgan fingerprint density at radius 2 is 2.18 bits per heavy atom. The maximum Gasteiger partial charge on any atom is 0.234 e. The van der Waals surface area contributed by atoms with Gasteiger partial charge in [-0.25, -0.2) is 0 Å². The zero-order chi connectivity index (χ0) is 12.9. The van der Waals surface area contributed by atoms with Gasteiger partial charge < -0.3 is 10.6 Å². The van der Waals surface area contributed by atoms with E-state index in [1.807, 2.05) is 13.8 Å². The molecule has 0 unspecified atom stereocenters. The first kappa shape index (κ1) is 14.2.